The smallest absolute Gasteiger partial charge is 0.317 e. The molecule has 3 heterocycles. The molecule has 3 fully saturated rings. The molecule has 0 radical (unpaired) electrons. The van der Waals surface area contributed by atoms with Gasteiger partial charge < -0.3 is 20.0 Å². The number of benzene rings is 1. The van der Waals surface area contributed by atoms with Crippen molar-refractivity contribution in [3.63, 3.8) is 0 Å². The van der Waals surface area contributed by atoms with E-state index in [-0.39, 0.29) is 23.4 Å². The molecular formula is C28H42N4O2. The fraction of sp³-hybridized carbons (Fsp3) is 0.714. The lowest BCUT2D eigenvalue weighted by Crippen LogP contribution is -2.51. The monoisotopic (exact) mass is 466 g/mol. The zero-order chi connectivity index (χ0) is 23.9. The van der Waals surface area contributed by atoms with Crippen molar-refractivity contribution >= 4 is 11.9 Å². The maximum absolute atomic E-state index is 12.4. The van der Waals surface area contributed by atoms with Gasteiger partial charge in [-0.05, 0) is 93.8 Å². The number of carbonyl (C=O) groups excluding carboxylic acids is 2. The zero-order valence-electron chi connectivity index (χ0n) is 21.3. The first-order valence-electron chi connectivity index (χ1n) is 13.5. The SMILES string of the molecule is CC(=O)N1C2CCC(N3CCC4(CC[C@@H](NC(=O)N(C)C)c5ccccc54)CC3)CCC1CC2. The molecule has 1 spiro atoms. The molecule has 3 saturated heterocycles. The van der Waals surface area contributed by atoms with Gasteiger partial charge in [-0.25, -0.2) is 4.79 Å². The molecule has 4 aliphatic rings. The van der Waals surface area contributed by atoms with E-state index in [2.05, 4.69) is 39.4 Å². The summed E-state index contributed by atoms with van der Waals surface area (Å²) in [5, 5.41) is 3.24. The molecule has 2 bridgehead atoms. The molecule has 6 heteroatoms. The van der Waals surface area contributed by atoms with Crippen molar-refractivity contribution in [2.45, 2.75) is 101 Å². The molecule has 34 heavy (non-hydrogen) atoms. The molecule has 2 unspecified atom stereocenters. The van der Waals surface area contributed by atoms with Crippen LogP contribution in [-0.2, 0) is 10.2 Å². The Hall–Kier alpha value is -2.08. The maximum atomic E-state index is 12.4. The average Bonchev–Trinajstić information content (AvgIpc) is 3.27. The van der Waals surface area contributed by atoms with Crippen LogP contribution in [-0.4, -0.2) is 71.9 Å². The summed E-state index contributed by atoms with van der Waals surface area (Å²) in [6.07, 6.45) is 11.8. The minimum Gasteiger partial charge on any atom is -0.337 e. The lowest BCUT2D eigenvalue weighted by atomic mass is 9.63. The van der Waals surface area contributed by atoms with Gasteiger partial charge in [-0.1, -0.05) is 24.3 Å². The number of hydrogen-bond donors (Lipinski definition) is 1. The number of amides is 3. The van der Waals surface area contributed by atoms with Crippen molar-refractivity contribution < 1.29 is 9.59 Å². The van der Waals surface area contributed by atoms with Crippen LogP contribution < -0.4 is 5.32 Å². The van der Waals surface area contributed by atoms with Gasteiger partial charge in [-0.3, -0.25) is 4.79 Å². The summed E-state index contributed by atoms with van der Waals surface area (Å²) >= 11 is 0. The molecule has 3 amide bonds. The molecular weight excluding hydrogens is 424 g/mol. The van der Waals surface area contributed by atoms with Gasteiger partial charge in [0.2, 0.25) is 5.91 Å². The summed E-state index contributed by atoms with van der Waals surface area (Å²) in [5.41, 5.74) is 3.04. The van der Waals surface area contributed by atoms with Crippen molar-refractivity contribution in [2.75, 3.05) is 27.2 Å². The van der Waals surface area contributed by atoms with Crippen molar-refractivity contribution in [3.05, 3.63) is 35.4 Å². The summed E-state index contributed by atoms with van der Waals surface area (Å²) in [5.74, 6) is 0.280. The van der Waals surface area contributed by atoms with Gasteiger partial charge >= 0.3 is 6.03 Å². The second kappa shape index (κ2) is 9.52. The lowest BCUT2D eigenvalue weighted by Gasteiger charge is -2.49. The van der Waals surface area contributed by atoms with E-state index in [0.29, 0.717) is 18.1 Å². The Morgan fingerprint density at radius 2 is 1.47 bits per heavy atom. The number of fused-ring (bicyclic) bond motifs is 4. The third-order valence-electron chi connectivity index (χ3n) is 9.44. The van der Waals surface area contributed by atoms with Gasteiger partial charge in [0.05, 0.1) is 6.04 Å². The minimum atomic E-state index is -0.00726. The predicted molar refractivity (Wildman–Crippen MR) is 135 cm³/mol. The predicted octanol–water partition coefficient (Wildman–Crippen LogP) is 4.45. The number of nitrogens with one attached hydrogen (secondary N) is 1. The molecule has 1 N–H and O–H groups in total. The molecule has 1 aromatic rings. The number of hydrogen-bond acceptors (Lipinski definition) is 3. The van der Waals surface area contributed by atoms with Gasteiger partial charge in [0.25, 0.3) is 0 Å². The Morgan fingerprint density at radius 1 is 0.882 bits per heavy atom. The third-order valence-corrected chi connectivity index (χ3v) is 9.44. The highest BCUT2D eigenvalue weighted by Gasteiger charge is 2.44. The Kier molecular flexibility index (Phi) is 6.62. The van der Waals surface area contributed by atoms with Crippen LogP contribution in [0.25, 0.3) is 0 Å². The van der Waals surface area contributed by atoms with Crippen LogP contribution in [0, 0.1) is 0 Å². The van der Waals surface area contributed by atoms with E-state index in [1.807, 2.05) is 0 Å². The highest BCUT2D eigenvalue weighted by molar-refractivity contribution is 5.74. The second-order valence-electron chi connectivity index (χ2n) is 11.5. The molecule has 1 aliphatic carbocycles. The zero-order valence-corrected chi connectivity index (χ0v) is 21.3. The highest BCUT2D eigenvalue weighted by atomic mass is 16.2. The highest BCUT2D eigenvalue weighted by Crippen LogP contribution is 2.48. The summed E-state index contributed by atoms with van der Waals surface area (Å²) in [6, 6.07) is 10.6. The number of piperidine rings is 1. The molecule has 0 aromatic heterocycles. The largest absolute Gasteiger partial charge is 0.337 e. The van der Waals surface area contributed by atoms with Crippen molar-refractivity contribution in [3.8, 4) is 0 Å². The van der Waals surface area contributed by atoms with Gasteiger partial charge in [-0.2, -0.15) is 0 Å². The van der Waals surface area contributed by atoms with Gasteiger partial charge in [0, 0.05) is 39.1 Å². The van der Waals surface area contributed by atoms with E-state index in [1.54, 1.807) is 25.9 Å². The van der Waals surface area contributed by atoms with Crippen molar-refractivity contribution in [1.82, 2.24) is 20.0 Å². The van der Waals surface area contributed by atoms with E-state index in [4.69, 9.17) is 0 Å². The van der Waals surface area contributed by atoms with Crippen LogP contribution in [0.1, 0.15) is 88.3 Å². The summed E-state index contributed by atoms with van der Waals surface area (Å²) in [4.78, 5) is 31.2. The first-order valence-corrected chi connectivity index (χ1v) is 13.5. The Morgan fingerprint density at radius 3 is 2.06 bits per heavy atom. The molecule has 3 aliphatic heterocycles. The fourth-order valence-corrected chi connectivity index (χ4v) is 7.58. The van der Waals surface area contributed by atoms with Crippen LogP contribution in [0.5, 0.6) is 0 Å². The van der Waals surface area contributed by atoms with Crippen molar-refractivity contribution in [2.24, 2.45) is 0 Å². The number of carbonyl (C=O) groups is 2. The van der Waals surface area contributed by atoms with E-state index in [0.717, 1.165) is 12.8 Å². The van der Waals surface area contributed by atoms with E-state index >= 15 is 0 Å². The number of rotatable bonds is 2. The Labute approximate surface area is 205 Å². The molecule has 3 atom stereocenters. The molecule has 6 nitrogen and oxygen atoms in total. The number of likely N-dealkylation sites (tertiary alicyclic amines) is 1. The second-order valence-corrected chi connectivity index (χ2v) is 11.5. The maximum Gasteiger partial charge on any atom is 0.317 e. The van der Waals surface area contributed by atoms with Crippen LogP contribution in [0.3, 0.4) is 0 Å². The topological polar surface area (TPSA) is 55.9 Å². The fourth-order valence-electron chi connectivity index (χ4n) is 7.58. The minimum absolute atomic E-state index is 0.00726. The number of nitrogens with zero attached hydrogens (tertiary/aromatic N) is 3. The molecule has 1 aromatic carbocycles. The first-order chi connectivity index (χ1) is 16.4. The van der Waals surface area contributed by atoms with Gasteiger partial charge in [0.15, 0.2) is 0 Å². The van der Waals surface area contributed by atoms with E-state index < -0.39 is 0 Å². The third kappa shape index (κ3) is 4.34. The molecule has 0 saturated carbocycles. The normalized spacial score (nSPS) is 30.9. The lowest BCUT2D eigenvalue weighted by molar-refractivity contribution is -0.132. The summed E-state index contributed by atoms with van der Waals surface area (Å²) in [7, 11) is 3.61. The van der Waals surface area contributed by atoms with Gasteiger partial charge in [-0.15, -0.1) is 0 Å². The Balaban J connectivity index is 1.25. The number of urea groups is 1. The van der Waals surface area contributed by atoms with Crippen LogP contribution >= 0.6 is 0 Å². The average molecular weight is 467 g/mol. The summed E-state index contributed by atoms with van der Waals surface area (Å²) in [6.45, 7) is 4.09. The van der Waals surface area contributed by atoms with Crippen LogP contribution in [0.2, 0.25) is 0 Å². The van der Waals surface area contributed by atoms with Crippen LogP contribution in [0.15, 0.2) is 24.3 Å². The van der Waals surface area contributed by atoms with Crippen molar-refractivity contribution in [1.29, 1.82) is 0 Å². The standard InChI is InChI=1S/C28H42N4O2/c1-20(33)32-22-10-8-21(9-11-23(32)13-12-22)31-18-16-28(17-19-31)15-14-26(29-27(34)30(2)3)24-6-4-5-7-25(24)28/h4-7,21-23,26H,8-19H2,1-3H3,(H,29,34)/t21?,22?,23?,26-/m1/s1. The quantitative estimate of drug-likeness (QED) is 0.701. The Bertz CT molecular complexity index is 891. The first kappa shape index (κ1) is 23.7. The van der Waals surface area contributed by atoms with Gasteiger partial charge in [0.1, 0.15) is 0 Å². The molecule has 186 valence electrons. The van der Waals surface area contributed by atoms with E-state index in [9.17, 15) is 9.59 Å². The van der Waals surface area contributed by atoms with Crippen LogP contribution in [0.4, 0.5) is 4.79 Å². The molecule has 5 rings (SSSR count). The summed E-state index contributed by atoms with van der Waals surface area (Å²) < 4.78 is 0. The van der Waals surface area contributed by atoms with E-state index in [1.165, 1.54) is 75.6 Å².